The first-order chi connectivity index (χ1) is 2.89. The zero-order valence-corrected chi connectivity index (χ0v) is 4.16. The average Bonchev–Trinajstić information content (AvgIpc) is 1.86. The van der Waals surface area contributed by atoms with Crippen LogP contribution >= 0.6 is 11.3 Å². The second-order valence-corrected chi connectivity index (χ2v) is 2.11. The molecule has 0 aliphatic carbocycles. The highest BCUT2D eigenvalue weighted by Gasteiger charge is 1.74. The molecule has 0 N–H and O–H groups in total. The molecule has 0 saturated heterocycles. The Morgan fingerprint density at radius 2 is 2.50 bits per heavy atom. The Bertz CT molecular complexity index is 111. The quantitative estimate of drug-likeness (QED) is 0.406. The van der Waals surface area contributed by atoms with E-state index in [0.29, 0.717) is 0 Å². The lowest BCUT2D eigenvalue weighted by molar-refractivity contribution is 2.07. The molecule has 0 aliphatic heterocycles. The summed E-state index contributed by atoms with van der Waals surface area (Å²) in [4.78, 5) is 0. The first kappa shape index (κ1) is 3.94. The summed E-state index contributed by atoms with van der Waals surface area (Å²) in [6.45, 7) is 0. The molecule has 0 spiro atoms. The molecular weight excluding hydrogens is 90.9 g/mol. The minimum Gasteiger partial charge on any atom is -0.160 e. The fourth-order valence-electron chi connectivity index (χ4n) is 0.313. The predicted octanol–water partition coefficient (Wildman–Crippen LogP) is 0.274. The molecule has 29 valence electrons. The summed E-state index contributed by atoms with van der Waals surface area (Å²) in [7, 11) is 3.70. The monoisotopic (exact) mass is 95.0 g/mol. The molecule has 0 amide bonds. The van der Waals surface area contributed by atoms with Crippen LogP contribution in [0, 0.1) is 0 Å². The van der Waals surface area contributed by atoms with Crippen LogP contribution < -0.4 is 4.78 Å². The normalized spacial score (nSPS) is 8.67. The van der Waals surface area contributed by atoms with Crippen LogP contribution in [-0.4, -0.2) is 7.85 Å². The first-order valence-electron chi connectivity index (χ1n) is 1.75. The molecule has 2 heteroatoms. The summed E-state index contributed by atoms with van der Waals surface area (Å²) in [5.41, 5.74) is 0. The first-order valence-corrected chi connectivity index (χ1v) is 2.63. The van der Waals surface area contributed by atoms with Crippen LogP contribution in [0.3, 0.4) is 0 Å². The lowest BCUT2D eigenvalue weighted by atomic mass is 10.1. The van der Waals surface area contributed by atoms with E-state index in [-0.39, 0.29) is 0 Å². The van der Waals surface area contributed by atoms with Crippen LogP contribution in [0.1, 0.15) is 0 Å². The summed E-state index contributed by atoms with van der Waals surface area (Å²) in [6, 6.07) is 3.98. The fraction of sp³-hybridized carbons (Fsp3) is 0. The van der Waals surface area contributed by atoms with Gasteiger partial charge in [-0.1, -0.05) is 12.1 Å². The van der Waals surface area contributed by atoms with Crippen molar-refractivity contribution in [3.05, 3.63) is 17.5 Å². The van der Waals surface area contributed by atoms with E-state index in [1.54, 1.807) is 11.3 Å². The van der Waals surface area contributed by atoms with Crippen LogP contribution in [0.25, 0.3) is 0 Å². The van der Waals surface area contributed by atoms with Crippen molar-refractivity contribution in [1.82, 2.24) is 0 Å². The molecule has 0 atom stereocenters. The maximum absolute atomic E-state index is 3.70. The standard InChI is InChI=1S/C4H4BS/c5-4-2-1-3-6-4/h1-3,5H. The van der Waals surface area contributed by atoms with Gasteiger partial charge >= 0.3 is 0 Å². The van der Waals surface area contributed by atoms with Gasteiger partial charge in [-0.2, -0.15) is 11.3 Å². The number of thiophene rings is 1. The van der Waals surface area contributed by atoms with Crippen LogP contribution in [0.4, 0.5) is 0 Å². The van der Waals surface area contributed by atoms with Crippen LogP contribution in [0.15, 0.2) is 17.5 Å². The molecule has 1 rings (SSSR count). The van der Waals surface area contributed by atoms with E-state index in [4.69, 9.17) is 0 Å². The van der Waals surface area contributed by atoms with Gasteiger partial charge in [-0.3, -0.25) is 0 Å². The summed E-state index contributed by atoms with van der Waals surface area (Å²) < 4.78 is 1.13. The van der Waals surface area contributed by atoms with Gasteiger partial charge in [0.05, 0.1) is 0 Å². The highest BCUT2D eigenvalue weighted by atomic mass is 32.1. The Morgan fingerprint density at radius 3 is 2.67 bits per heavy atom. The third-order valence-corrected chi connectivity index (χ3v) is 1.31. The van der Waals surface area contributed by atoms with Gasteiger partial charge in [0.15, 0.2) is 0 Å². The minimum atomic E-state index is 1.13. The number of hydrogen-bond donors (Lipinski definition) is 0. The molecule has 0 aromatic carbocycles. The molecule has 0 unspecified atom stereocenters. The van der Waals surface area contributed by atoms with Crippen molar-refractivity contribution in [2.75, 3.05) is 0 Å². The molecule has 1 aromatic rings. The zero-order valence-electron chi connectivity index (χ0n) is 3.35. The second kappa shape index (κ2) is 1.48. The molecule has 6 heavy (non-hydrogen) atoms. The van der Waals surface area contributed by atoms with Crippen molar-refractivity contribution >= 4 is 24.0 Å². The Kier molecular flexibility index (Phi) is 0.969. The molecule has 0 saturated carbocycles. The van der Waals surface area contributed by atoms with Crippen molar-refractivity contribution in [3.63, 3.8) is 0 Å². The van der Waals surface area contributed by atoms with E-state index in [2.05, 4.69) is 7.85 Å². The maximum Gasteiger partial charge on any atom is 0.143 e. The number of rotatable bonds is 0. The molecule has 1 radical (unpaired) electrons. The van der Waals surface area contributed by atoms with Gasteiger partial charge in [-0.25, -0.2) is 0 Å². The Balaban J connectivity index is 3.05. The van der Waals surface area contributed by atoms with Gasteiger partial charge in [-0.05, 0) is 10.2 Å². The van der Waals surface area contributed by atoms with Gasteiger partial charge in [0, 0.05) is 0 Å². The molecule has 0 bridgehead atoms. The zero-order chi connectivity index (χ0) is 4.41. The summed E-state index contributed by atoms with van der Waals surface area (Å²) in [5.74, 6) is 0. The SMILES string of the molecule is [BH]c1cccs1. The number of hydrogen-bond acceptors (Lipinski definition) is 1. The van der Waals surface area contributed by atoms with Gasteiger partial charge in [0.25, 0.3) is 0 Å². The Morgan fingerprint density at radius 1 is 1.67 bits per heavy atom. The second-order valence-electron chi connectivity index (χ2n) is 1.08. The molecule has 0 aliphatic rings. The molecule has 1 aromatic heterocycles. The largest absolute Gasteiger partial charge is 0.160 e. The topological polar surface area (TPSA) is 0 Å². The minimum absolute atomic E-state index is 1.13. The van der Waals surface area contributed by atoms with Crippen molar-refractivity contribution in [2.45, 2.75) is 0 Å². The van der Waals surface area contributed by atoms with E-state index in [1.165, 1.54) is 0 Å². The van der Waals surface area contributed by atoms with Crippen molar-refractivity contribution in [3.8, 4) is 0 Å². The summed E-state index contributed by atoms with van der Waals surface area (Å²) in [5, 5.41) is 2.02. The summed E-state index contributed by atoms with van der Waals surface area (Å²) in [6.07, 6.45) is 0. The predicted molar refractivity (Wildman–Crippen MR) is 31.1 cm³/mol. The van der Waals surface area contributed by atoms with Gasteiger partial charge in [-0.15, -0.1) is 0 Å². The molecule has 1 heterocycles. The van der Waals surface area contributed by atoms with E-state index >= 15 is 0 Å². The third-order valence-electron chi connectivity index (χ3n) is 0.580. The van der Waals surface area contributed by atoms with E-state index in [0.717, 1.165) is 4.78 Å². The van der Waals surface area contributed by atoms with E-state index in [9.17, 15) is 0 Å². The molecule has 0 fully saturated rings. The van der Waals surface area contributed by atoms with Crippen molar-refractivity contribution < 1.29 is 0 Å². The van der Waals surface area contributed by atoms with E-state index in [1.807, 2.05) is 17.5 Å². The van der Waals surface area contributed by atoms with Crippen molar-refractivity contribution in [1.29, 1.82) is 0 Å². The van der Waals surface area contributed by atoms with Crippen LogP contribution in [0.5, 0.6) is 0 Å². The Hall–Kier alpha value is -0.235. The highest BCUT2D eigenvalue weighted by molar-refractivity contribution is 7.18. The summed E-state index contributed by atoms with van der Waals surface area (Å²) >= 11 is 1.67. The van der Waals surface area contributed by atoms with Crippen LogP contribution in [0.2, 0.25) is 0 Å². The fourth-order valence-corrected chi connectivity index (χ4v) is 0.802. The van der Waals surface area contributed by atoms with E-state index < -0.39 is 0 Å². The smallest absolute Gasteiger partial charge is 0.143 e. The maximum atomic E-state index is 3.70. The van der Waals surface area contributed by atoms with Gasteiger partial charge in [0.1, 0.15) is 7.85 Å². The highest BCUT2D eigenvalue weighted by Crippen LogP contribution is 1.87. The Labute approximate surface area is 42.2 Å². The van der Waals surface area contributed by atoms with Crippen molar-refractivity contribution in [2.24, 2.45) is 0 Å². The van der Waals surface area contributed by atoms with Gasteiger partial charge in [0.2, 0.25) is 0 Å². The molecular formula is C4H4BS. The average molecular weight is 95.0 g/mol. The lowest BCUT2D eigenvalue weighted by Crippen LogP contribution is -1.88. The molecule has 0 nitrogen and oxygen atoms in total. The van der Waals surface area contributed by atoms with Crippen LogP contribution in [-0.2, 0) is 0 Å². The van der Waals surface area contributed by atoms with Gasteiger partial charge < -0.3 is 0 Å². The lowest BCUT2D eigenvalue weighted by Gasteiger charge is -1.65. The third kappa shape index (κ3) is 0.629.